The lowest BCUT2D eigenvalue weighted by atomic mass is 10.0. The van der Waals surface area contributed by atoms with Gasteiger partial charge in [-0.2, -0.15) is 5.10 Å². The molecular weight excluding hydrogens is 487 g/mol. The first-order valence-electron chi connectivity index (χ1n) is 13.3. The van der Waals surface area contributed by atoms with Crippen LogP contribution in [0, 0.1) is 5.82 Å². The van der Waals surface area contributed by atoms with E-state index in [0.29, 0.717) is 28.2 Å². The standard InChI is InChI=1S/C29H31FN4O4/c1-17-7-5-4-6-12-33(17)27(35)22-14-23(29(2)10-11-29)34-24(31-22)15-21(32-34)20-9-8-18-13-19(28(36)37-3)16-38-26(18)25(20)30/h8-9,13-15,17H,4-7,10-12,16H2,1-3H3/t17-/m1/s1. The Balaban J connectivity index is 1.42. The number of benzene rings is 1. The fraction of sp³-hybridized carbons (Fsp3) is 0.448. The van der Waals surface area contributed by atoms with Crippen LogP contribution in [0.4, 0.5) is 4.39 Å². The molecule has 1 atom stereocenters. The Hall–Kier alpha value is -3.75. The van der Waals surface area contributed by atoms with Gasteiger partial charge in [0.15, 0.2) is 17.2 Å². The van der Waals surface area contributed by atoms with Crippen LogP contribution >= 0.6 is 0 Å². The van der Waals surface area contributed by atoms with Crippen molar-refractivity contribution in [2.24, 2.45) is 0 Å². The predicted octanol–water partition coefficient (Wildman–Crippen LogP) is 4.94. The number of carbonyl (C=O) groups excluding carboxylic acids is 2. The number of methoxy groups -OCH3 is 1. The van der Waals surface area contributed by atoms with Crippen LogP contribution in [0.2, 0.25) is 0 Å². The summed E-state index contributed by atoms with van der Waals surface area (Å²) in [4.78, 5) is 32.1. The highest BCUT2D eigenvalue weighted by Crippen LogP contribution is 2.48. The second kappa shape index (κ2) is 9.22. The van der Waals surface area contributed by atoms with Gasteiger partial charge in [-0.1, -0.05) is 25.8 Å². The number of nitrogens with zero attached hydrogens (tertiary/aromatic N) is 4. The average Bonchev–Trinajstić information content (AvgIpc) is 3.59. The number of likely N-dealkylation sites (tertiary alicyclic amines) is 1. The highest BCUT2D eigenvalue weighted by Gasteiger charge is 2.42. The Kier molecular flexibility index (Phi) is 5.96. The van der Waals surface area contributed by atoms with Crippen LogP contribution in [0.25, 0.3) is 23.0 Å². The minimum Gasteiger partial charge on any atom is -0.485 e. The number of hydrogen-bond acceptors (Lipinski definition) is 6. The Bertz CT molecular complexity index is 1490. The van der Waals surface area contributed by atoms with Crippen LogP contribution in [0.5, 0.6) is 5.75 Å². The van der Waals surface area contributed by atoms with Gasteiger partial charge in [0.2, 0.25) is 0 Å². The van der Waals surface area contributed by atoms with Crippen LogP contribution in [0.1, 0.15) is 74.1 Å². The topological polar surface area (TPSA) is 86.0 Å². The number of halogens is 1. The van der Waals surface area contributed by atoms with E-state index in [2.05, 4.69) is 13.8 Å². The van der Waals surface area contributed by atoms with Crippen molar-refractivity contribution in [1.82, 2.24) is 19.5 Å². The molecule has 8 nitrogen and oxygen atoms in total. The molecule has 1 aliphatic carbocycles. The third-order valence-corrected chi connectivity index (χ3v) is 8.13. The molecule has 0 spiro atoms. The molecule has 9 heteroatoms. The largest absolute Gasteiger partial charge is 0.485 e. The number of carbonyl (C=O) groups is 2. The van der Waals surface area contributed by atoms with Crippen molar-refractivity contribution >= 4 is 23.6 Å². The average molecular weight is 519 g/mol. The van der Waals surface area contributed by atoms with Gasteiger partial charge < -0.3 is 14.4 Å². The smallest absolute Gasteiger partial charge is 0.337 e. The van der Waals surface area contributed by atoms with Gasteiger partial charge >= 0.3 is 5.97 Å². The van der Waals surface area contributed by atoms with Crippen LogP contribution in [0.3, 0.4) is 0 Å². The van der Waals surface area contributed by atoms with Gasteiger partial charge in [0, 0.05) is 35.2 Å². The van der Waals surface area contributed by atoms with Crippen molar-refractivity contribution in [3.8, 4) is 17.0 Å². The molecule has 1 saturated carbocycles. The van der Waals surface area contributed by atoms with Gasteiger partial charge in [0.1, 0.15) is 12.3 Å². The van der Waals surface area contributed by atoms with Crippen LogP contribution in [0.15, 0.2) is 29.8 Å². The molecule has 2 aliphatic heterocycles. The van der Waals surface area contributed by atoms with Gasteiger partial charge in [0.05, 0.1) is 24.1 Å². The molecule has 0 radical (unpaired) electrons. The van der Waals surface area contributed by atoms with E-state index in [1.54, 1.807) is 28.8 Å². The van der Waals surface area contributed by atoms with Gasteiger partial charge in [-0.25, -0.2) is 18.7 Å². The first-order chi connectivity index (χ1) is 18.3. The second-order valence-electron chi connectivity index (χ2n) is 10.9. The van der Waals surface area contributed by atoms with Crippen molar-refractivity contribution in [2.75, 3.05) is 20.3 Å². The van der Waals surface area contributed by atoms with Crippen molar-refractivity contribution in [3.63, 3.8) is 0 Å². The van der Waals surface area contributed by atoms with Crippen molar-refractivity contribution in [1.29, 1.82) is 0 Å². The molecule has 2 fully saturated rings. The van der Waals surface area contributed by atoms with E-state index in [9.17, 15) is 9.59 Å². The molecule has 2 aromatic heterocycles. The third kappa shape index (κ3) is 4.14. The minimum atomic E-state index is -0.556. The van der Waals surface area contributed by atoms with Crippen molar-refractivity contribution < 1.29 is 23.5 Å². The number of esters is 1. The highest BCUT2D eigenvalue weighted by molar-refractivity contribution is 5.95. The molecule has 1 aromatic carbocycles. The quantitative estimate of drug-likeness (QED) is 0.455. The predicted molar refractivity (Wildman–Crippen MR) is 139 cm³/mol. The summed E-state index contributed by atoms with van der Waals surface area (Å²) in [5.41, 5.74) is 3.20. The number of hydrogen-bond donors (Lipinski definition) is 0. The molecule has 0 N–H and O–H groups in total. The van der Waals surface area contributed by atoms with Gasteiger partial charge in [-0.05, 0) is 50.8 Å². The molecule has 1 amide bonds. The zero-order valence-corrected chi connectivity index (χ0v) is 21.9. The maximum atomic E-state index is 15.7. The summed E-state index contributed by atoms with van der Waals surface area (Å²) >= 11 is 0. The first kappa shape index (κ1) is 24.6. The van der Waals surface area contributed by atoms with E-state index in [4.69, 9.17) is 19.6 Å². The lowest BCUT2D eigenvalue weighted by molar-refractivity contribution is -0.136. The Morgan fingerprint density at radius 1 is 1.18 bits per heavy atom. The molecule has 1 saturated heterocycles. The highest BCUT2D eigenvalue weighted by atomic mass is 19.1. The molecule has 3 aliphatic rings. The molecule has 0 unspecified atom stereocenters. The fourth-order valence-electron chi connectivity index (χ4n) is 5.47. The number of aromatic nitrogens is 3. The lowest BCUT2D eigenvalue weighted by Crippen LogP contribution is -2.39. The SMILES string of the molecule is COC(=O)C1=Cc2ccc(-c3cc4nc(C(=O)N5CCCCC[C@H]5C)cc(C5(C)CC5)n4n3)c(F)c2OC1. The van der Waals surface area contributed by atoms with Crippen LogP contribution in [-0.2, 0) is 14.9 Å². The molecule has 0 bridgehead atoms. The maximum absolute atomic E-state index is 15.7. The van der Waals surface area contributed by atoms with Crippen LogP contribution < -0.4 is 4.74 Å². The second-order valence-corrected chi connectivity index (χ2v) is 10.9. The fourth-order valence-corrected chi connectivity index (χ4v) is 5.47. The van der Waals surface area contributed by atoms with E-state index in [1.165, 1.54) is 7.11 Å². The molecule has 3 aromatic rings. The number of fused-ring (bicyclic) bond motifs is 2. The van der Waals surface area contributed by atoms with E-state index in [1.807, 2.05) is 11.0 Å². The Morgan fingerprint density at radius 2 is 2.00 bits per heavy atom. The molecule has 4 heterocycles. The van der Waals surface area contributed by atoms with Crippen molar-refractivity contribution in [2.45, 2.75) is 63.8 Å². The molecule has 38 heavy (non-hydrogen) atoms. The maximum Gasteiger partial charge on any atom is 0.337 e. The summed E-state index contributed by atoms with van der Waals surface area (Å²) in [5, 5.41) is 4.74. The summed E-state index contributed by atoms with van der Waals surface area (Å²) in [6, 6.07) is 7.09. The first-order valence-corrected chi connectivity index (χ1v) is 13.3. The van der Waals surface area contributed by atoms with Crippen molar-refractivity contribution in [3.05, 3.63) is 52.6 Å². The minimum absolute atomic E-state index is 0.0586. The normalized spacial score (nSPS) is 20.3. The Labute approximate surface area is 220 Å². The number of amides is 1. The van der Waals surface area contributed by atoms with E-state index in [-0.39, 0.29) is 35.3 Å². The van der Waals surface area contributed by atoms with Gasteiger partial charge in [0.25, 0.3) is 5.91 Å². The summed E-state index contributed by atoms with van der Waals surface area (Å²) < 4.78 is 27.8. The third-order valence-electron chi connectivity index (χ3n) is 8.13. The summed E-state index contributed by atoms with van der Waals surface area (Å²) in [5.74, 6) is -1.05. The molecule has 6 rings (SSSR count). The monoisotopic (exact) mass is 518 g/mol. The van der Waals surface area contributed by atoms with Gasteiger partial charge in [-0.3, -0.25) is 4.79 Å². The lowest BCUT2D eigenvalue weighted by Gasteiger charge is -2.27. The van der Waals surface area contributed by atoms with Gasteiger partial charge in [-0.15, -0.1) is 0 Å². The van der Waals surface area contributed by atoms with E-state index in [0.717, 1.165) is 50.8 Å². The zero-order chi connectivity index (χ0) is 26.6. The number of ether oxygens (including phenoxy) is 2. The summed E-state index contributed by atoms with van der Waals surface area (Å²) in [7, 11) is 1.30. The molecule has 198 valence electrons. The van der Waals surface area contributed by atoms with E-state index < -0.39 is 11.8 Å². The zero-order valence-electron chi connectivity index (χ0n) is 21.9. The molecular formula is C29H31FN4O4. The van der Waals surface area contributed by atoms with Crippen LogP contribution in [-0.4, -0.2) is 57.7 Å². The number of rotatable bonds is 4. The summed E-state index contributed by atoms with van der Waals surface area (Å²) in [6.45, 7) is 4.92. The Morgan fingerprint density at radius 3 is 2.76 bits per heavy atom. The summed E-state index contributed by atoms with van der Waals surface area (Å²) in [6.07, 6.45) is 7.81. The van der Waals surface area contributed by atoms with E-state index >= 15 is 4.39 Å².